The average molecular weight is 195 g/mol. The third kappa shape index (κ3) is 2.39. The summed E-state index contributed by atoms with van der Waals surface area (Å²) >= 11 is 0. The molecule has 78 valence electrons. The number of aryl methyl sites for hydroxylation is 1. The van der Waals surface area contributed by atoms with E-state index in [-0.39, 0.29) is 6.61 Å². The zero-order chi connectivity index (χ0) is 10.6. The summed E-state index contributed by atoms with van der Waals surface area (Å²) in [4.78, 5) is 1.98. The molecule has 0 spiro atoms. The van der Waals surface area contributed by atoms with Gasteiger partial charge in [0.05, 0.1) is 19.4 Å². The largest absolute Gasteiger partial charge is 0.495 e. The molecule has 0 amide bonds. The molecule has 0 heterocycles. The number of anilines is 1. The summed E-state index contributed by atoms with van der Waals surface area (Å²) in [5.74, 6) is 0.839. The van der Waals surface area contributed by atoms with E-state index in [0.29, 0.717) is 6.54 Å². The van der Waals surface area contributed by atoms with Gasteiger partial charge < -0.3 is 14.7 Å². The number of aliphatic hydroxyl groups excluding tert-OH is 1. The average Bonchev–Trinajstić information content (AvgIpc) is 2.18. The van der Waals surface area contributed by atoms with Crippen LogP contribution in [-0.4, -0.2) is 32.4 Å². The fourth-order valence-corrected chi connectivity index (χ4v) is 1.37. The minimum atomic E-state index is 0.146. The van der Waals surface area contributed by atoms with Crippen molar-refractivity contribution in [2.24, 2.45) is 0 Å². The van der Waals surface area contributed by atoms with Crippen LogP contribution in [0, 0.1) is 6.92 Å². The highest BCUT2D eigenvalue weighted by Gasteiger charge is 2.07. The molecule has 0 atom stereocenters. The molecule has 0 aliphatic carbocycles. The lowest BCUT2D eigenvalue weighted by molar-refractivity contribution is 0.303. The number of rotatable bonds is 4. The first kappa shape index (κ1) is 10.9. The molecule has 0 aliphatic heterocycles. The van der Waals surface area contributed by atoms with Crippen molar-refractivity contribution in [3.63, 3.8) is 0 Å². The van der Waals surface area contributed by atoms with Gasteiger partial charge in [0.25, 0.3) is 0 Å². The normalized spacial score (nSPS) is 10.0. The van der Waals surface area contributed by atoms with Crippen molar-refractivity contribution >= 4 is 5.69 Å². The third-order valence-corrected chi connectivity index (χ3v) is 2.18. The fourth-order valence-electron chi connectivity index (χ4n) is 1.37. The molecule has 0 aliphatic rings. The minimum Gasteiger partial charge on any atom is -0.495 e. The molecule has 1 aromatic rings. The van der Waals surface area contributed by atoms with Gasteiger partial charge in [-0.1, -0.05) is 6.07 Å². The number of methoxy groups -OCH3 is 1. The Bertz CT molecular complexity index is 299. The Kier molecular flexibility index (Phi) is 3.77. The first-order chi connectivity index (χ1) is 6.69. The van der Waals surface area contributed by atoms with Crippen LogP contribution >= 0.6 is 0 Å². The minimum absolute atomic E-state index is 0.146. The number of hydrogen-bond donors (Lipinski definition) is 1. The molecule has 3 heteroatoms. The van der Waals surface area contributed by atoms with E-state index >= 15 is 0 Å². The van der Waals surface area contributed by atoms with Crippen molar-refractivity contribution in [2.75, 3.05) is 32.2 Å². The standard InChI is InChI=1S/C11H17NO2/c1-9-4-5-11(14-3)10(8-9)12(2)6-7-13/h4-5,8,13H,6-7H2,1-3H3. The van der Waals surface area contributed by atoms with E-state index in [1.165, 1.54) is 5.56 Å². The molecule has 0 aromatic heterocycles. The van der Waals surface area contributed by atoms with Crippen molar-refractivity contribution in [3.8, 4) is 5.75 Å². The molecule has 1 aromatic carbocycles. The van der Waals surface area contributed by atoms with E-state index in [4.69, 9.17) is 9.84 Å². The Labute approximate surface area is 84.9 Å². The Morgan fingerprint density at radius 2 is 2.14 bits per heavy atom. The van der Waals surface area contributed by atoms with E-state index in [1.807, 2.05) is 31.0 Å². The Morgan fingerprint density at radius 3 is 2.71 bits per heavy atom. The lowest BCUT2D eigenvalue weighted by Crippen LogP contribution is -2.21. The van der Waals surface area contributed by atoms with Gasteiger partial charge in [0.2, 0.25) is 0 Å². The highest BCUT2D eigenvalue weighted by atomic mass is 16.5. The lowest BCUT2D eigenvalue weighted by Gasteiger charge is -2.21. The van der Waals surface area contributed by atoms with Gasteiger partial charge in [-0.15, -0.1) is 0 Å². The SMILES string of the molecule is COc1ccc(C)cc1N(C)CCO. The van der Waals surface area contributed by atoms with Crippen LogP contribution < -0.4 is 9.64 Å². The highest BCUT2D eigenvalue weighted by Crippen LogP contribution is 2.27. The van der Waals surface area contributed by atoms with Crippen molar-refractivity contribution < 1.29 is 9.84 Å². The van der Waals surface area contributed by atoms with Crippen LogP contribution in [0.3, 0.4) is 0 Å². The second-order valence-corrected chi connectivity index (χ2v) is 3.32. The zero-order valence-corrected chi connectivity index (χ0v) is 8.95. The van der Waals surface area contributed by atoms with E-state index in [0.717, 1.165) is 11.4 Å². The number of ether oxygens (including phenoxy) is 1. The summed E-state index contributed by atoms with van der Waals surface area (Å²) in [5, 5.41) is 8.85. The monoisotopic (exact) mass is 195 g/mol. The van der Waals surface area contributed by atoms with E-state index < -0.39 is 0 Å². The van der Waals surface area contributed by atoms with Gasteiger partial charge in [0.1, 0.15) is 5.75 Å². The summed E-state index contributed by atoms with van der Waals surface area (Å²) < 4.78 is 5.24. The molecule has 3 nitrogen and oxygen atoms in total. The van der Waals surface area contributed by atoms with Gasteiger partial charge in [-0.3, -0.25) is 0 Å². The van der Waals surface area contributed by atoms with Crippen LogP contribution in [0.15, 0.2) is 18.2 Å². The fraction of sp³-hybridized carbons (Fsp3) is 0.455. The summed E-state index contributed by atoms with van der Waals surface area (Å²) in [6.07, 6.45) is 0. The summed E-state index contributed by atoms with van der Waals surface area (Å²) in [7, 11) is 3.59. The molecular formula is C11H17NO2. The van der Waals surface area contributed by atoms with Gasteiger partial charge in [0.15, 0.2) is 0 Å². The van der Waals surface area contributed by atoms with E-state index in [9.17, 15) is 0 Å². The summed E-state index contributed by atoms with van der Waals surface area (Å²) in [6.45, 7) is 2.79. The molecule has 0 radical (unpaired) electrons. The topological polar surface area (TPSA) is 32.7 Å². The Hall–Kier alpha value is -1.22. The molecule has 14 heavy (non-hydrogen) atoms. The summed E-state index contributed by atoms with van der Waals surface area (Å²) in [5.41, 5.74) is 2.20. The van der Waals surface area contributed by atoms with Crippen molar-refractivity contribution in [1.29, 1.82) is 0 Å². The predicted molar refractivity (Wildman–Crippen MR) is 58.1 cm³/mol. The first-order valence-electron chi connectivity index (χ1n) is 4.65. The van der Waals surface area contributed by atoms with Crippen LogP contribution in [0.1, 0.15) is 5.56 Å². The number of likely N-dealkylation sites (N-methyl/N-ethyl adjacent to an activating group) is 1. The molecule has 1 rings (SSSR count). The molecule has 0 bridgehead atoms. The summed E-state index contributed by atoms with van der Waals surface area (Å²) in [6, 6.07) is 6.00. The number of nitrogens with zero attached hydrogens (tertiary/aromatic N) is 1. The van der Waals surface area contributed by atoms with Gasteiger partial charge in [-0.25, -0.2) is 0 Å². The van der Waals surface area contributed by atoms with Crippen LogP contribution in [0.25, 0.3) is 0 Å². The van der Waals surface area contributed by atoms with Crippen molar-refractivity contribution in [2.45, 2.75) is 6.92 Å². The van der Waals surface area contributed by atoms with E-state index in [1.54, 1.807) is 7.11 Å². The van der Waals surface area contributed by atoms with Crippen LogP contribution in [0.2, 0.25) is 0 Å². The second-order valence-electron chi connectivity index (χ2n) is 3.32. The Balaban J connectivity index is 2.97. The molecule has 0 unspecified atom stereocenters. The van der Waals surface area contributed by atoms with E-state index in [2.05, 4.69) is 6.07 Å². The first-order valence-corrected chi connectivity index (χ1v) is 4.65. The second kappa shape index (κ2) is 4.86. The maximum absolute atomic E-state index is 8.85. The number of benzene rings is 1. The van der Waals surface area contributed by atoms with Crippen LogP contribution in [0.5, 0.6) is 5.75 Å². The lowest BCUT2D eigenvalue weighted by atomic mass is 10.2. The van der Waals surface area contributed by atoms with Crippen molar-refractivity contribution in [3.05, 3.63) is 23.8 Å². The molecular weight excluding hydrogens is 178 g/mol. The molecule has 1 N–H and O–H groups in total. The Morgan fingerprint density at radius 1 is 1.43 bits per heavy atom. The van der Waals surface area contributed by atoms with Crippen LogP contribution in [0.4, 0.5) is 5.69 Å². The quantitative estimate of drug-likeness (QED) is 0.789. The maximum Gasteiger partial charge on any atom is 0.142 e. The van der Waals surface area contributed by atoms with Crippen LogP contribution in [-0.2, 0) is 0 Å². The predicted octanol–water partition coefficient (Wildman–Crippen LogP) is 1.43. The third-order valence-electron chi connectivity index (χ3n) is 2.18. The number of hydrogen-bond acceptors (Lipinski definition) is 3. The molecule has 0 saturated carbocycles. The van der Waals surface area contributed by atoms with Gasteiger partial charge in [-0.05, 0) is 24.6 Å². The van der Waals surface area contributed by atoms with Gasteiger partial charge >= 0.3 is 0 Å². The molecule has 0 fully saturated rings. The number of aliphatic hydroxyl groups is 1. The maximum atomic E-state index is 8.85. The zero-order valence-electron chi connectivity index (χ0n) is 8.95. The van der Waals surface area contributed by atoms with Gasteiger partial charge in [-0.2, -0.15) is 0 Å². The van der Waals surface area contributed by atoms with Crippen molar-refractivity contribution in [1.82, 2.24) is 0 Å². The molecule has 0 saturated heterocycles. The highest BCUT2D eigenvalue weighted by molar-refractivity contribution is 5.59. The smallest absolute Gasteiger partial charge is 0.142 e. The van der Waals surface area contributed by atoms with Gasteiger partial charge in [0, 0.05) is 13.6 Å².